The van der Waals surface area contributed by atoms with Crippen LogP contribution in [0, 0.1) is 0 Å². The summed E-state index contributed by atoms with van der Waals surface area (Å²) in [7, 11) is 1.28. The molecule has 0 aliphatic heterocycles. The van der Waals surface area contributed by atoms with Gasteiger partial charge in [-0.15, -0.1) is 0 Å². The molecule has 0 aliphatic carbocycles. The average Bonchev–Trinajstić information content (AvgIpc) is 2.26. The maximum atomic E-state index is 11.1. The van der Waals surface area contributed by atoms with Crippen molar-refractivity contribution in [1.82, 2.24) is 0 Å². The number of hydrogen-bond donors (Lipinski definition) is 2. The van der Waals surface area contributed by atoms with Crippen molar-refractivity contribution in [2.45, 2.75) is 4.90 Å². The Morgan fingerprint density at radius 2 is 1.83 bits per heavy atom. The van der Waals surface area contributed by atoms with Crippen LogP contribution in [0.15, 0.2) is 29.2 Å². The molecule has 0 atom stereocenters. The highest BCUT2D eigenvalue weighted by molar-refractivity contribution is 8.13. The van der Waals surface area contributed by atoms with Gasteiger partial charge >= 0.3 is 12.1 Å². The Balaban J connectivity index is 2.64. The van der Waals surface area contributed by atoms with E-state index in [1.807, 2.05) is 0 Å². The molecule has 9 heteroatoms. The van der Waals surface area contributed by atoms with Gasteiger partial charge in [-0.2, -0.15) is 0 Å². The number of ether oxygens (including phenoxy) is 1. The Kier molecular flexibility index (Phi) is 4.51. The molecule has 2 N–H and O–H groups in total. The van der Waals surface area contributed by atoms with Crippen LogP contribution in [-0.4, -0.2) is 32.2 Å². The lowest BCUT2D eigenvalue weighted by molar-refractivity contribution is -0.140. The minimum Gasteiger partial charge on any atom is -0.479 e. The average molecular weight is 294 g/mol. The molecule has 0 heterocycles. The zero-order valence-corrected chi connectivity index (χ0v) is 10.4. The summed E-state index contributed by atoms with van der Waals surface area (Å²) >= 11 is 0. The van der Waals surface area contributed by atoms with Gasteiger partial charge in [-0.3, -0.25) is 5.32 Å². The molecule has 0 spiro atoms. The molecule has 18 heavy (non-hydrogen) atoms. The van der Waals surface area contributed by atoms with Crippen LogP contribution in [0.5, 0.6) is 0 Å². The van der Waals surface area contributed by atoms with E-state index in [1.165, 1.54) is 24.3 Å². The maximum absolute atomic E-state index is 11.1. The highest BCUT2D eigenvalue weighted by Crippen LogP contribution is 2.17. The lowest BCUT2D eigenvalue weighted by Gasteiger charge is -2.05. The fourth-order valence-electron chi connectivity index (χ4n) is 0.982. The van der Waals surface area contributed by atoms with E-state index < -0.39 is 27.7 Å². The smallest absolute Gasteiger partial charge is 0.412 e. The first kappa shape index (κ1) is 14.3. The number of rotatable bonds is 4. The van der Waals surface area contributed by atoms with E-state index >= 15 is 0 Å². The van der Waals surface area contributed by atoms with Crippen LogP contribution in [0.4, 0.5) is 10.5 Å². The molecule has 1 aromatic carbocycles. The van der Waals surface area contributed by atoms with Gasteiger partial charge in [0.25, 0.3) is 9.05 Å². The van der Waals surface area contributed by atoms with Gasteiger partial charge in [0.2, 0.25) is 0 Å². The monoisotopic (exact) mass is 293 g/mol. The van der Waals surface area contributed by atoms with Crippen molar-refractivity contribution < 1.29 is 27.9 Å². The second kappa shape index (κ2) is 5.69. The largest absolute Gasteiger partial charge is 0.479 e. The molecule has 0 bridgehead atoms. The van der Waals surface area contributed by atoms with E-state index in [-0.39, 0.29) is 10.6 Å². The Hall–Kier alpha value is -1.80. The first-order chi connectivity index (χ1) is 8.29. The number of carboxylic acids is 1. The van der Waals surface area contributed by atoms with Crippen LogP contribution in [0.2, 0.25) is 0 Å². The van der Waals surface area contributed by atoms with Crippen LogP contribution in [0.25, 0.3) is 0 Å². The Morgan fingerprint density at radius 3 is 2.28 bits per heavy atom. The third kappa shape index (κ3) is 4.60. The van der Waals surface area contributed by atoms with Gasteiger partial charge in [-0.05, 0) is 24.3 Å². The molecule has 0 saturated carbocycles. The number of aliphatic carboxylic acids is 1. The summed E-state index contributed by atoms with van der Waals surface area (Å²) in [5.74, 6) is -1.28. The number of carbonyl (C=O) groups is 2. The topological polar surface area (TPSA) is 110 Å². The van der Waals surface area contributed by atoms with Crippen molar-refractivity contribution in [2.24, 2.45) is 0 Å². The van der Waals surface area contributed by atoms with E-state index in [4.69, 9.17) is 15.8 Å². The van der Waals surface area contributed by atoms with Crippen molar-refractivity contribution in [3.05, 3.63) is 24.3 Å². The van der Waals surface area contributed by atoms with Gasteiger partial charge in [0, 0.05) is 16.4 Å². The van der Waals surface area contributed by atoms with Crippen molar-refractivity contribution in [2.75, 3.05) is 11.9 Å². The predicted octanol–water partition coefficient (Wildman–Crippen LogP) is 1.25. The van der Waals surface area contributed by atoms with Gasteiger partial charge in [0.15, 0.2) is 6.61 Å². The standard InChI is InChI=1S/C9H8ClNO6S/c10-18(15,16)7-3-1-6(2-4-7)11-9(14)17-5-8(12)13/h1-4H,5H2,(H,11,14)(H,12,13). The number of carbonyl (C=O) groups excluding carboxylic acids is 1. The van der Waals surface area contributed by atoms with Gasteiger partial charge in [0.05, 0.1) is 4.90 Å². The third-order valence-corrected chi connectivity index (χ3v) is 3.08. The Labute approximate surface area is 107 Å². The predicted molar refractivity (Wildman–Crippen MR) is 62.1 cm³/mol. The molecule has 98 valence electrons. The van der Waals surface area contributed by atoms with Crippen molar-refractivity contribution >= 4 is 37.5 Å². The summed E-state index contributed by atoms with van der Waals surface area (Å²) in [6.07, 6.45) is -0.959. The molecule has 0 aromatic heterocycles. The van der Waals surface area contributed by atoms with E-state index in [1.54, 1.807) is 0 Å². The minimum absolute atomic E-state index is 0.117. The minimum atomic E-state index is -3.82. The molecule has 0 unspecified atom stereocenters. The third-order valence-electron chi connectivity index (χ3n) is 1.71. The highest BCUT2D eigenvalue weighted by Gasteiger charge is 2.10. The SMILES string of the molecule is O=C(O)COC(=O)Nc1ccc(S(=O)(=O)Cl)cc1. The first-order valence-corrected chi connectivity index (χ1v) is 6.80. The van der Waals surface area contributed by atoms with Crippen LogP contribution in [0.3, 0.4) is 0 Å². The summed E-state index contributed by atoms with van der Waals surface area (Å²) in [4.78, 5) is 21.1. The zero-order valence-electron chi connectivity index (χ0n) is 8.79. The lowest BCUT2D eigenvalue weighted by Crippen LogP contribution is -2.18. The Morgan fingerprint density at radius 1 is 1.28 bits per heavy atom. The fourth-order valence-corrected chi connectivity index (χ4v) is 1.75. The molecule has 7 nitrogen and oxygen atoms in total. The molecule has 1 aromatic rings. The number of hydrogen-bond acceptors (Lipinski definition) is 5. The molecule has 0 radical (unpaired) electrons. The number of halogens is 1. The van der Waals surface area contributed by atoms with E-state index in [0.717, 1.165) is 0 Å². The summed E-state index contributed by atoms with van der Waals surface area (Å²) in [5.41, 5.74) is 0.245. The second-order valence-corrected chi connectivity index (χ2v) is 5.62. The summed E-state index contributed by atoms with van der Waals surface area (Å²) < 4.78 is 26.2. The van der Waals surface area contributed by atoms with E-state index in [0.29, 0.717) is 0 Å². The lowest BCUT2D eigenvalue weighted by atomic mass is 10.3. The summed E-state index contributed by atoms with van der Waals surface area (Å²) in [6, 6.07) is 4.96. The molecular formula is C9H8ClNO6S. The van der Waals surface area contributed by atoms with Gasteiger partial charge in [-0.25, -0.2) is 18.0 Å². The van der Waals surface area contributed by atoms with Gasteiger partial charge < -0.3 is 9.84 Å². The summed E-state index contributed by atoms with van der Waals surface area (Å²) in [6.45, 7) is -0.764. The van der Waals surface area contributed by atoms with Crippen molar-refractivity contribution in [1.29, 1.82) is 0 Å². The number of amides is 1. The molecule has 1 rings (SSSR count). The quantitative estimate of drug-likeness (QED) is 0.808. The van der Waals surface area contributed by atoms with Gasteiger partial charge in [0.1, 0.15) is 0 Å². The molecule has 1 amide bonds. The first-order valence-electron chi connectivity index (χ1n) is 4.49. The van der Waals surface area contributed by atoms with Crippen LogP contribution < -0.4 is 5.32 Å². The highest BCUT2D eigenvalue weighted by atomic mass is 35.7. The van der Waals surface area contributed by atoms with Crippen LogP contribution in [0.1, 0.15) is 0 Å². The normalized spacial score (nSPS) is 10.7. The van der Waals surface area contributed by atoms with E-state index in [9.17, 15) is 18.0 Å². The second-order valence-electron chi connectivity index (χ2n) is 3.06. The fraction of sp³-hybridized carbons (Fsp3) is 0.111. The maximum Gasteiger partial charge on any atom is 0.412 e. The number of benzene rings is 1. The zero-order chi connectivity index (χ0) is 13.8. The summed E-state index contributed by atoms with van der Waals surface area (Å²) in [5, 5.41) is 10.5. The Bertz CT molecular complexity index is 553. The van der Waals surface area contributed by atoms with Crippen molar-refractivity contribution in [3.8, 4) is 0 Å². The van der Waals surface area contributed by atoms with Gasteiger partial charge in [-0.1, -0.05) is 0 Å². The molecule has 0 saturated heterocycles. The molecule has 0 fully saturated rings. The molecule has 0 aliphatic rings. The number of anilines is 1. The van der Waals surface area contributed by atoms with E-state index in [2.05, 4.69) is 10.1 Å². The van der Waals surface area contributed by atoms with Crippen LogP contribution in [-0.2, 0) is 18.6 Å². The number of nitrogens with one attached hydrogen (secondary N) is 1. The van der Waals surface area contributed by atoms with Crippen LogP contribution >= 0.6 is 10.7 Å². The molecular weight excluding hydrogens is 286 g/mol. The van der Waals surface area contributed by atoms with Crippen molar-refractivity contribution in [3.63, 3.8) is 0 Å². The number of carboxylic acid groups (broad SMARTS) is 1.